The molecule has 4 N–H and O–H groups in total. The Morgan fingerprint density at radius 2 is 1.19 bits per heavy atom. The van der Waals surface area contributed by atoms with Crippen LogP contribution in [-0.2, 0) is 23.7 Å². The molecule has 3 amide bonds. The van der Waals surface area contributed by atoms with Crippen molar-refractivity contribution in [3.63, 3.8) is 0 Å². The zero-order valence-electron chi connectivity index (χ0n) is 22.3. The van der Waals surface area contributed by atoms with E-state index in [4.69, 9.17) is 28.9 Å². The highest BCUT2D eigenvalue weighted by Crippen LogP contribution is 2.30. The molecule has 1 saturated heterocycles. The fraction of sp³-hybridized carbons (Fsp3) is 0.241. The van der Waals surface area contributed by atoms with Crippen LogP contribution in [0.3, 0.4) is 0 Å². The Labute approximate surface area is 240 Å². The van der Waals surface area contributed by atoms with Crippen LogP contribution in [0, 0.1) is 11.3 Å². The van der Waals surface area contributed by atoms with Crippen molar-refractivity contribution in [3.8, 4) is 6.07 Å². The third kappa shape index (κ3) is 7.95. The minimum Gasteiger partial charge on any atom is -0.439 e. The van der Waals surface area contributed by atoms with Gasteiger partial charge in [0.15, 0.2) is 24.6 Å². The quantitative estimate of drug-likeness (QED) is 0.286. The molecular weight excluding hydrogens is 548 g/mol. The Morgan fingerprint density at radius 1 is 0.738 bits per heavy atom. The maximum Gasteiger partial charge on any atom is 0.412 e. The summed E-state index contributed by atoms with van der Waals surface area (Å²) < 4.78 is 27.9. The fourth-order valence-corrected chi connectivity index (χ4v) is 4.10. The third-order valence-electron chi connectivity index (χ3n) is 6.03. The lowest BCUT2D eigenvalue weighted by Gasteiger charge is -2.43. The lowest BCUT2D eigenvalue weighted by Crippen LogP contribution is -2.63. The normalized spacial score (nSPS) is 21.2. The summed E-state index contributed by atoms with van der Waals surface area (Å²) in [5.74, 6) is 0. The van der Waals surface area contributed by atoms with Crippen LogP contribution in [0.25, 0.3) is 0 Å². The number of ether oxygens (including phenoxy) is 5. The summed E-state index contributed by atoms with van der Waals surface area (Å²) in [6.45, 7) is -0.669. The second-order valence-electron chi connectivity index (χ2n) is 8.87. The van der Waals surface area contributed by atoms with Crippen LogP contribution in [-0.4, -0.2) is 67.8 Å². The van der Waals surface area contributed by atoms with Crippen LogP contribution in [0.1, 0.15) is 5.56 Å². The summed E-state index contributed by atoms with van der Waals surface area (Å²) in [5, 5.41) is 26.7. The topological polar surface area (TPSA) is 177 Å². The van der Waals surface area contributed by atoms with Crippen LogP contribution in [0.5, 0.6) is 0 Å². The molecule has 0 radical (unpaired) electrons. The average Bonchev–Trinajstić information content (AvgIpc) is 3.00. The van der Waals surface area contributed by atoms with Gasteiger partial charge < -0.3 is 28.8 Å². The number of carbonyl (C=O) groups is 3. The van der Waals surface area contributed by atoms with Gasteiger partial charge in [-0.2, -0.15) is 5.26 Å². The molecule has 0 aliphatic carbocycles. The number of aliphatic hydroxyl groups is 1. The van der Waals surface area contributed by atoms with Crippen LogP contribution in [0.2, 0.25) is 0 Å². The van der Waals surface area contributed by atoms with Crippen molar-refractivity contribution in [1.29, 1.82) is 5.26 Å². The Kier molecular flexibility index (Phi) is 10.3. The molecule has 3 aromatic rings. The van der Waals surface area contributed by atoms with Crippen LogP contribution < -0.4 is 16.0 Å². The van der Waals surface area contributed by atoms with E-state index in [1.54, 1.807) is 60.7 Å². The van der Waals surface area contributed by atoms with Crippen LogP contribution in [0.15, 0.2) is 84.9 Å². The molecule has 218 valence electrons. The second kappa shape index (κ2) is 14.5. The smallest absolute Gasteiger partial charge is 0.412 e. The van der Waals surface area contributed by atoms with E-state index in [0.29, 0.717) is 22.6 Å². The minimum absolute atomic E-state index is 0.306. The van der Waals surface area contributed by atoms with Gasteiger partial charge in [-0.15, -0.1) is 0 Å². The predicted molar refractivity (Wildman–Crippen MR) is 148 cm³/mol. The largest absolute Gasteiger partial charge is 0.439 e. The SMILES string of the molecule is CO[C@H]1O[C@H](CO)[C@@H](OC(=O)Nc2ccc(C#N)cc2)[C@H](OC(=O)Nc2ccccc2)[C@H]1OC(=O)Nc1ccccc1. The van der Waals surface area contributed by atoms with Crippen molar-refractivity contribution in [2.75, 3.05) is 29.7 Å². The molecule has 0 saturated carbocycles. The van der Waals surface area contributed by atoms with Gasteiger partial charge in [-0.3, -0.25) is 16.0 Å². The van der Waals surface area contributed by atoms with Gasteiger partial charge in [0.05, 0.1) is 18.2 Å². The van der Waals surface area contributed by atoms with Crippen LogP contribution >= 0.6 is 0 Å². The Balaban J connectivity index is 1.58. The highest BCUT2D eigenvalue weighted by atomic mass is 16.7. The molecule has 13 nitrogen and oxygen atoms in total. The van der Waals surface area contributed by atoms with Crippen LogP contribution in [0.4, 0.5) is 31.4 Å². The molecule has 1 aliphatic rings. The van der Waals surface area contributed by atoms with E-state index in [1.807, 2.05) is 6.07 Å². The average molecular weight is 577 g/mol. The lowest BCUT2D eigenvalue weighted by molar-refractivity contribution is -0.290. The van der Waals surface area contributed by atoms with Gasteiger partial charge >= 0.3 is 18.3 Å². The Morgan fingerprint density at radius 3 is 1.64 bits per heavy atom. The number of para-hydroxylation sites is 2. The first kappa shape index (κ1) is 29.8. The predicted octanol–water partition coefficient (Wildman–Crippen LogP) is 4.07. The number of nitrogens with zero attached hydrogens (tertiary/aromatic N) is 1. The minimum atomic E-state index is -1.50. The monoisotopic (exact) mass is 576 g/mol. The lowest BCUT2D eigenvalue weighted by atomic mass is 9.98. The number of nitrogens with one attached hydrogen (secondary N) is 3. The number of benzene rings is 3. The summed E-state index contributed by atoms with van der Waals surface area (Å²) in [7, 11) is 1.27. The van der Waals surface area contributed by atoms with Gasteiger partial charge in [0, 0.05) is 24.2 Å². The molecule has 0 unspecified atom stereocenters. The number of anilines is 3. The molecule has 1 aliphatic heterocycles. The summed E-state index contributed by atoms with van der Waals surface area (Å²) >= 11 is 0. The van der Waals surface area contributed by atoms with Crippen molar-refractivity contribution in [3.05, 3.63) is 90.5 Å². The first-order chi connectivity index (χ1) is 20.4. The molecule has 42 heavy (non-hydrogen) atoms. The highest BCUT2D eigenvalue weighted by Gasteiger charge is 2.52. The van der Waals surface area contributed by atoms with Crippen molar-refractivity contribution in [2.24, 2.45) is 0 Å². The number of amides is 3. The van der Waals surface area contributed by atoms with Gasteiger partial charge in [0.25, 0.3) is 0 Å². The van der Waals surface area contributed by atoms with E-state index >= 15 is 0 Å². The van der Waals surface area contributed by atoms with Gasteiger partial charge in [-0.1, -0.05) is 36.4 Å². The van der Waals surface area contributed by atoms with Gasteiger partial charge in [0.2, 0.25) is 0 Å². The number of nitriles is 1. The number of hydrogen-bond donors (Lipinski definition) is 4. The number of aliphatic hydroxyl groups excluding tert-OH is 1. The van der Waals surface area contributed by atoms with E-state index in [9.17, 15) is 19.5 Å². The first-order valence-electron chi connectivity index (χ1n) is 12.7. The molecule has 0 aromatic heterocycles. The summed E-state index contributed by atoms with van der Waals surface area (Å²) in [5.41, 5.74) is 1.52. The maximum atomic E-state index is 13.0. The van der Waals surface area contributed by atoms with Crippen molar-refractivity contribution >= 4 is 35.3 Å². The summed E-state index contributed by atoms with van der Waals surface area (Å²) in [4.78, 5) is 38.7. The number of carbonyl (C=O) groups excluding carboxylic acids is 3. The highest BCUT2D eigenvalue weighted by molar-refractivity contribution is 5.86. The Hall–Kier alpha value is -5.16. The molecule has 1 heterocycles. The molecule has 0 bridgehead atoms. The molecular formula is C29H28N4O9. The standard InChI is InChI=1S/C29H28N4O9/c1-38-26-25(42-29(37)32-20-10-6-3-7-11-20)24(41-28(36)31-19-8-4-2-5-9-19)23(22(17-34)39-26)40-27(35)33-21-14-12-18(16-30)13-15-21/h2-15,22-26,34H,17H2,1H3,(H,31,36)(H,32,37)(H,33,35)/t22-,23-,24+,25-,26+/m1/s1. The van der Waals surface area contributed by atoms with E-state index in [2.05, 4.69) is 16.0 Å². The van der Waals surface area contributed by atoms with Gasteiger partial charge in [-0.05, 0) is 48.5 Å². The molecule has 5 atom stereocenters. The van der Waals surface area contributed by atoms with Gasteiger partial charge in [-0.25, -0.2) is 14.4 Å². The number of methoxy groups -OCH3 is 1. The van der Waals surface area contributed by atoms with Crippen molar-refractivity contribution < 1.29 is 43.2 Å². The van der Waals surface area contributed by atoms with Gasteiger partial charge in [0.1, 0.15) is 6.10 Å². The second-order valence-corrected chi connectivity index (χ2v) is 8.87. The van der Waals surface area contributed by atoms with Crippen molar-refractivity contribution in [2.45, 2.75) is 30.7 Å². The van der Waals surface area contributed by atoms with E-state index in [1.165, 1.54) is 31.4 Å². The van der Waals surface area contributed by atoms with E-state index < -0.39 is 55.6 Å². The Bertz CT molecular complexity index is 1380. The molecule has 1 fully saturated rings. The first-order valence-corrected chi connectivity index (χ1v) is 12.7. The number of hydrogen-bond acceptors (Lipinski definition) is 10. The molecule has 4 rings (SSSR count). The van der Waals surface area contributed by atoms with E-state index in [0.717, 1.165) is 0 Å². The molecule has 3 aromatic carbocycles. The summed E-state index contributed by atoms with van der Waals surface area (Å²) in [6.07, 6.45) is -9.86. The summed E-state index contributed by atoms with van der Waals surface area (Å²) in [6, 6.07) is 24.8. The third-order valence-corrected chi connectivity index (χ3v) is 6.03. The van der Waals surface area contributed by atoms with E-state index in [-0.39, 0.29) is 0 Å². The van der Waals surface area contributed by atoms with Crippen molar-refractivity contribution in [1.82, 2.24) is 0 Å². The molecule has 13 heteroatoms. The zero-order valence-corrected chi connectivity index (χ0v) is 22.3. The number of rotatable bonds is 8. The molecule has 0 spiro atoms. The fourth-order valence-electron chi connectivity index (χ4n) is 4.10. The zero-order chi connectivity index (χ0) is 29.9. The maximum absolute atomic E-state index is 13.0.